The van der Waals surface area contributed by atoms with Gasteiger partial charge in [-0.25, -0.2) is 4.99 Å². The average Bonchev–Trinajstić information content (AvgIpc) is 2.68. The number of thioether (sulfide) groups is 1. The normalized spacial score (nSPS) is 18.7. The highest BCUT2D eigenvalue weighted by molar-refractivity contribution is 8.14. The number of aryl methyl sites for hydroxylation is 1. The summed E-state index contributed by atoms with van der Waals surface area (Å²) in [5.74, 6) is 0.963. The standard InChI is InChI=1S/C16H21N3O2S/c1-11(2)9-18-15(22-10-16(18,4)5)17-14-7-6-13(19(20)21)8-12(14)3/h6-8H,1,9-10H2,2-5H3. The van der Waals surface area contributed by atoms with E-state index >= 15 is 0 Å². The number of hydrogen-bond donors (Lipinski definition) is 0. The van der Waals surface area contributed by atoms with Gasteiger partial charge < -0.3 is 4.90 Å². The van der Waals surface area contributed by atoms with Gasteiger partial charge in [0.2, 0.25) is 0 Å². The second kappa shape index (κ2) is 6.12. The highest BCUT2D eigenvalue weighted by Gasteiger charge is 2.36. The Bertz CT molecular complexity index is 653. The lowest BCUT2D eigenvalue weighted by atomic mass is 10.1. The lowest BCUT2D eigenvalue weighted by Crippen LogP contribution is -2.43. The van der Waals surface area contributed by atoms with Gasteiger partial charge in [-0.3, -0.25) is 10.1 Å². The highest BCUT2D eigenvalue weighted by atomic mass is 32.2. The summed E-state index contributed by atoms with van der Waals surface area (Å²) in [6, 6.07) is 4.78. The van der Waals surface area contributed by atoms with Crippen LogP contribution < -0.4 is 0 Å². The van der Waals surface area contributed by atoms with E-state index in [4.69, 9.17) is 4.99 Å². The fourth-order valence-electron chi connectivity index (χ4n) is 2.28. The van der Waals surface area contributed by atoms with Crippen molar-refractivity contribution in [1.82, 2.24) is 4.90 Å². The minimum absolute atomic E-state index is 0.0249. The SMILES string of the molecule is C=C(C)CN1C(=Nc2ccc([N+](=O)[O-])cc2C)SCC1(C)C. The summed E-state index contributed by atoms with van der Waals surface area (Å²) in [6.45, 7) is 13.0. The summed E-state index contributed by atoms with van der Waals surface area (Å²) in [6.07, 6.45) is 0. The summed E-state index contributed by atoms with van der Waals surface area (Å²) in [5, 5.41) is 11.8. The minimum atomic E-state index is -0.384. The third kappa shape index (κ3) is 3.50. The molecule has 0 unspecified atom stereocenters. The van der Waals surface area contributed by atoms with E-state index in [-0.39, 0.29) is 16.1 Å². The monoisotopic (exact) mass is 319 g/mol. The van der Waals surface area contributed by atoms with Gasteiger partial charge >= 0.3 is 0 Å². The molecule has 6 heteroatoms. The van der Waals surface area contributed by atoms with Gasteiger partial charge in [-0.15, -0.1) is 0 Å². The quantitative estimate of drug-likeness (QED) is 0.472. The van der Waals surface area contributed by atoms with Crippen molar-refractivity contribution in [2.75, 3.05) is 12.3 Å². The number of nitro benzene ring substituents is 1. The second-order valence-corrected chi connectivity index (χ2v) is 7.21. The number of benzene rings is 1. The van der Waals surface area contributed by atoms with Crippen LogP contribution in [0, 0.1) is 17.0 Å². The number of nitrogens with zero attached hydrogens (tertiary/aromatic N) is 3. The summed E-state index contributed by atoms with van der Waals surface area (Å²) < 4.78 is 0. The molecule has 0 radical (unpaired) electrons. The maximum Gasteiger partial charge on any atom is 0.269 e. The Kier molecular flexibility index (Phi) is 4.60. The highest BCUT2D eigenvalue weighted by Crippen LogP contribution is 2.35. The summed E-state index contributed by atoms with van der Waals surface area (Å²) >= 11 is 1.71. The molecule has 0 spiro atoms. The molecule has 1 aromatic carbocycles. The van der Waals surface area contributed by atoms with Crippen LogP contribution in [-0.4, -0.2) is 32.8 Å². The number of nitro groups is 1. The van der Waals surface area contributed by atoms with Crippen molar-refractivity contribution in [1.29, 1.82) is 0 Å². The van der Waals surface area contributed by atoms with E-state index in [2.05, 4.69) is 25.3 Å². The van der Waals surface area contributed by atoms with Crippen molar-refractivity contribution in [2.45, 2.75) is 33.2 Å². The predicted octanol–water partition coefficient (Wildman–Crippen LogP) is 4.29. The van der Waals surface area contributed by atoms with E-state index in [1.807, 2.05) is 13.8 Å². The Labute approximate surface area is 135 Å². The molecule has 1 aliphatic rings. The molecule has 1 heterocycles. The van der Waals surface area contributed by atoms with Crippen LogP contribution in [-0.2, 0) is 0 Å². The van der Waals surface area contributed by atoms with Crippen LogP contribution in [0.3, 0.4) is 0 Å². The topological polar surface area (TPSA) is 58.7 Å². The Morgan fingerprint density at radius 1 is 1.55 bits per heavy atom. The molecule has 0 N–H and O–H groups in total. The molecule has 1 fully saturated rings. The van der Waals surface area contributed by atoms with Crippen LogP contribution in [0.2, 0.25) is 0 Å². The molecule has 1 aromatic rings. The fraction of sp³-hybridized carbons (Fsp3) is 0.438. The molecule has 0 atom stereocenters. The molecule has 0 bridgehead atoms. The first-order chi connectivity index (χ1) is 10.2. The molecular weight excluding hydrogens is 298 g/mol. The summed E-state index contributed by atoms with van der Waals surface area (Å²) in [7, 11) is 0. The van der Waals surface area contributed by atoms with Gasteiger partial charge in [0, 0.05) is 30.0 Å². The lowest BCUT2D eigenvalue weighted by Gasteiger charge is -2.32. The van der Waals surface area contributed by atoms with Crippen LogP contribution in [0.1, 0.15) is 26.3 Å². The second-order valence-electron chi connectivity index (χ2n) is 6.27. The molecule has 1 aliphatic heterocycles. The largest absolute Gasteiger partial charge is 0.341 e. The van der Waals surface area contributed by atoms with E-state index in [0.717, 1.165) is 34.3 Å². The molecule has 22 heavy (non-hydrogen) atoms. The van der Waals surface area contributed by atoms with Gasteiger partial charge in [-0.1, -0.05) is 23.9 Å². The third-order valence-corrected chi connectivity index (χ3v) is 4.97. The van der Waals surface area contributed by atoms with Crippen LogP contribution >= 0.6 is 11.8 Å². The van der Waals surface area contributed by atoms with Gasteiger partial charge in [0.1, 0.15) is 0 Å². The Morgan fingerprint density at radius 2 is 2.23 bits per heavy atom. The Morgan fingerprint density at radius 3 is 2.77 bits per heavy atom. The first kappa shape index (κ1) is 16.5. The maximum absolute atomic E-state index is 10.8. The van der Waals surface area contributed by atoms with Gasteiger partial charge in [-0.2, -0.15) is 0 Å². The van der Waals surface area contributed by atoms with Crippen molar-refractivity contribution < 1.29 is 4.92 Å². The van der Waals surface area contributed by atoms with Crippen molar-refractivity contribution in [2.24, 2.45) is 4.99 Å². The molecule has 2 rings (SSSR count). The van der Waals surface area contributed by atoms with Crippen molar-refractivity contribution >= 4 is 28.3 Å². The fourth-order valence-corrected chi connectivity index (χ4v) is 3.55. The summed E-state index contributed by atoms with van der Waals surface area (Å²) in [4.78, 5) is 17.4. The van der Waals surface area contributed by atoms with Gasteiger partial charge in [0.15, 0.2) is 5.17 Å². The van der Waals surface area contributed by atoms with Crippen molar-refractivity contribution in [3.8, 4) is 0 Å². The van der Waals surface area contributed by atoms with Crippen LogP contribution in [0.25, 0.3) is 0 Å². The number of amidine groups is 1. The number of aliphatic imine (C=N–C) groups is 1. The number of non-ortho nitro benzene ring substituents is 1. The Hall–Kier alpha value is -1.82. The minimum Gasteiger partial charge on any atom is -0.341 e. The smallest absolute Gasteiger partial charge is 0.269 e. The third-order valence-electron chi connectivity index (χ3n) is 3.55. The van der Waals surface area contributed by atoms with E-state index in [9.17, 15) is 10.1 Å². The number of rotatable bonds is 4. The van der Waals surface area contributed by atoms with E-state index in [1.54, 1.807) is 23.9 Å². The van der Waals surface area contributed by atoms with Crippen LogP contribution in [0.4, 0.5) is 11.4 Å². The summed E-state index contributed by atoms with van der Waals surface area (Å²) in [5.41, 5.74) is 2.79. The van der Waals surface area contributed by atoms with E-state index < -0.39 is 0 Å². The molecular formula is C16H21N3O2S. The average molecular weight is 319 g/mol. The molecule has 0 aromatic heterocycles. The molecule has 118 valence electrons. The zero-order valence-corrected chi connectivity index (χ0v) is 14.2. The zero-order chi connectivity index (χ0) is 16.5. The molecule has 1 saturated heterocycles. The van der Waals surface area contributed by atoms with Crippen molar-refractivity contribution in [3.63, 3.8) is 0 Å². The van der Waals surface area contributed by atoms with Gasteiger partial charge in [0.25, 0.3) is 5.69 Å². The first-order valence-corrected chi connectivity index (χ1v) is 8.08. The Balaban J connectivity index is 2.35. The molecule has 0 aliphatic carbocycles. The number of hydrogen-bond acceptors (Lipinski definition) is 4. The van der Waals surface area contributed by atoms with Crippen LogP contribution in [0.5, 0.6) is 0 Å². The molecule has 0 amide bonds. The lowest BCUT2D eigenvalue weighted by molar-refractivity contribution is -0.384. The van der Waals surface area contributed by atoms with Gasteiger partial charge in [-0.05, 0) is 39.3 Å². The zero-order valence-electron chi connectivity index (χ0n) is 13.4. The van der Waals surface area contributed by atoms with Crippen molar-refractivity contribution in [3.05, 3.63) is 46.0 Å². The molecule has 0 saturated carbocycles. The predicted molar refractivity (Wildman–Crippen MR) is 93.0 cm³/mol. The van der Waals surface area contributed by atoms with E-state index in [0.29, 0.717) is 0 Å². The first-order valence-electron chi connectivity index (χ1n) is 7.09. The van der Waals surface area contributed by atoms with E-state index in [1.165, 1.54) is 6.07 Å². The maximum atomic E-state index is 10.8. The van der Waals surface area contributed by atoms with Gasteiger partial charge in [0.05, 0.1) is 10.6 Å². The molecule has 5 nitrogen and oxygen atoms in total. The van der Waals surface area contributed by atoms with Crippen LogP contribution in [0.15, 0.2) is 35.3 Å².